The Kier molecular flexibility index (Phi) is 4.54. The van der Waals surface area contributed by atoms with Gasteiger partial charge in [0.25, 0.3) is 0 Å². The van der Waals surface area contributed by atoms with E-state index in [4.69, 9.17) is 5.73 Å². The van der Waals surface area contributed by atoms with Crippen molar-refractivity contribution in [2.75, 3.05) is 11.1 Å². The SMILES string of the molecule is CC1(C)CCCC(Nc2cc(OC(F)F)c(F)cc2N)C1. The van der Waals surface area contributed by atoms with Gasteiger partial charge >= 0.3 is 6.61 Å². The summed E-state index contributed by atoms with van der Waals surface area (Å²) in [6.07, 6.45) is 4.18. The van der Waals surface area contributed by atoms with Crippen LogP contribution in [0.15, 0.2) is 12.1 Å². The fraction of sp³-hybridized carbons (Fsp3) is 0.600. The minimum absolute atomic E-state index is 0.192. The molecule has 2 rings (SSSR count). The number of hydrogen-bond acceptors (Lipinski definition) is 3. The van der Waals surface area contributed by atoms with Crippen LogP contribution in [0.1, 0.15) is 39.5 Å². The largest absolute Gasteiger partial charge is 0.432 e. The first-order valence-corrected chi connectivity index (χ1v) is 7.07. The van der Waals surface area contributed by atoms with Crippen LogP contribution in [0.3, 0.4) is 0 Å². The van der Waals surface area contributed by atoms with E-state index in [-0.39, 0.29) is 17.1 Å². The molecule has 3 nitrogen and oxygen atoms in total. The molecule has 1 saturated carbocycles. The van der Waals surface area contributed by atoms with Gasteiger partial charge in [0.2, 0.25) is 0 Å². The third kappa shape index (κ3) is 4.19. The second-order valence-electron chi connectivity index (χ2n) is 6.35. The monoisotopic (exact) mass is 302 g/mol. The van der Waals surface area contributed by atoms with Crippen LogP contribution in [0, 0.1) is 11.2 Å². The molecule has 0 amide bonds. The van der Waals surface area contributed by atoms with E-state index in [0.717, 1.165) is 31.7 Å². The minimum atomic E-state index is -3.07. The lowest BCUT2D eigenvalue weighted by Gasteiger charge is -2.36. The number of nitrogen functional groups attached to an aromatic ring is 1. The van der Waals surface area contributed by atoms with Gasteiger partial charge in [0.1, 0.15) is 0 Å². The van der Waals surface area contributed by atoms with Crippen molar-refractivity contribution in [3.05, 3.63) is 17.9 Å². The third-order valence-electron chi connectivity index (χ3n) is 3.88. The Labute approximate surface area is 122 Å². The molecule has 1 unspecified atom stereocenters. The van der Waals surface area contributed by atoms with Gasteiger partial charge in [-0.05, 0) is 24.7 Å². The highest BCUT2D eigenvalue weighted by molar-refractivity contribution is 5.69. The number of rotatable bonds is 4. The lowest BCUT2D eigenvalue weighted by Crippen LogP contribution is -2.32. The molecule has 0 spiro atoms. The Morgan fingerprint density at radius 2 is 2.10 bits per heavy atom. The number of hydrogen-bond donors (Lipinski definition) is 2. The normalized spacial score (nSPS) is 21.3. The number of benzene rings is 1. The highest BCUT2D eigenvalue weighted by atomic mass is 19.3. The lowest BCUT2D eigenvalue weighted by atomic mass is 9.75. The van der Waals surface area contributed by atoms with Crippen LogP contribution < -0.4 is 15.8 Å². The molecule has 0 heterocycles. The first kappa shape index (κ1) is 15.8. The summed E-state index contributed by atoms with van der Waals surface area (Å²) in [5.74, 6) is -1.38. The van der Waals surface area contributed by atoms with Crippen LogP contribution in [0.25, 0.3) is 0 Å². The average molecular weight is 302 g/mol. The van der Waals surface area contributed by atoms with Gasteiger partial charge in [-0.3, -0.25) is 0 Å². The van der Waals surface area contributed by atoms with Crippen LogP contribution >= 0.6 is 0 Å². The minimum Gasteiger partial charge on any atom is -0.432 e. The first-order valence-electron chi connectivity index (χ1n) is 7.07. The number of halogens is 3. The molecule has 1 aromatic carbocycles. The summed E-state index contributed by atoms with van der Waals surface area (Å²) in [6.45, 7) is 1.32. The van der Waals surface area contributed by atoms with E-state index in [1.165, 1.54) is 6.07 Å². The van der Waals surface area contributed by atoms with Crippen LogP contribution in [0.4, 0.5) is 24.5 Å². The Balaban J connectivity index is 2.15. The van der Waals surface area contributed by atoms with Gasteiger partial charge in [0.15, 0.2) is 11.6 Å². The van der Waals surface area contributed by atoms with Gasteiger partial charge < -0.3 is 15.8 Å². The molecular formula is C15H21F3N2O. The predicted octanol–water partition coefficient (Wildman–Crippen LogP) is 4.39. The standard InChI is InChI=1S/C15H21F3N2O/c1-15(2)5-3-4-9(8-15)20-12-7-13(21-14(17)18)10(16)6-11(12)19/h6-7,9,14,20H,3-5,8,19H2,1-2H3. The van der Waals surface area contributed by atoms with Crippen LogP contribution in [0.2, 0.25) is 0 Å². The van der Waals surface area contributed by atoms with Gasteiger partial charge in [0.05, 0.1) is 11.4 Å². The smallest absolute Gasteiger partial charge is 0.387 e. The van der Waals surface area contributed by atoms with Crippen molar-refractivity contribution >= 4 is 11.4 Å². The number of anilines is 2. The molecule has 1 aromatic rings. The van der Waals surface area contributed by atoms with Gasteiger partial charge in [-0.1, -0.05) is 20.3 Å². The number of nitrogens with one attached hydrogen (secondary N) is 1. The van der Waals surface area contributed by atoms with E-state index in [0.29, 0.717) is 5.69 Å². The fourth-order valence-electron chi connectivity index (χ4n) is 2.92. The van der Waals surface area contributed by atoms with Gasteiger partial charge in [-0.2, -0.15) is 8.78 Å². The van der Waals surface area contributed by atoms with E-state index in [2.05, 4.69) is 23.9 Å². The van der Waals surface area contributed by atoms with Crippen molar-refractivity contribution in [3.8, 4) is 5.75 Å². The topological polar surface area (TPSA) is 47.3 Å². The van der Waals surface area contributed by atoms with Crippen molar-refractivity contribution in [3.63, 3.8) is 0 Å². The molecular weight excluding hydrogens is 281 g/mol. The van der Waals surface area contributed by atoms with Crippen LogP contribution in [-0.2, 0) is 0 Å². The zero-order valence-corrected chi connectivity index (χ0v) is 12.3. The molecule has 6 heteroatoms. The van der Waals surface area contributed by atoms with Crippen molar-refractivity contribution in [1.82, 2.24) is 0 Å². The highest BCUT2D eigenvalue weighted by Gasteiger charge is 2.28. The second-order valence-corrected chi connectivity index (χ2v) is 6.35. The van der Waals surface area contributed by atoms with Crippen LogP contribution in [0.5, 0.6) is 5.75 Å². The molecule has 1 fully saturated rings. The van der Waals surface area contributed by atoms with E-state index >= 15 is 0 Å². The molecule has 0 aliphatic heterocycles. The van der Waals surface area contributed by atoms with Crippen molar-refractivity contribution in [2.24, 2.45) is 5.41 Å². The third-order valence-corrected chi connectivity index (χ3v) is 3.88. The van der Waals surface area contributed by atoms with Crippen molar-refractivity contribution < 1.29 is 17.9 Å². The molecule has 0 radical (unpaired) electrons. The Morgan fingerprint density at radius 3 is 2.71 bits per heavy atom. The second kappa shape index (κ2) is 6.03. The fourth-order valence-corrected chi connectivity index (χ4v) is 2.92. The molecule has 1 atom stereocenters. The van der Waals surface area contributed by atoms with Gasteiger partial charge in [0, 0.05) is 18.2 Å². The summed E-state index contributed by atoms with van der Waals surface area (Å²) in [5, 5.41) is 3.23. The van der Waals surface area contributed by atoms with E-state index in [1.807, 2.05) is 0 Å². The highest BCUT2D eigenvalue weighted by Crippen LogP contribution is 2.38. The number of alkyl halides is 2. The molecule has 0 bridgehead atoms. The maximum absolute atomic E-state index is 13.5. The van der Waals surface area contributed by atoms with E-state index in [9.17, 15) is 13.2 Å². The van der Waals surface area contributed by atoms with E-state index in [1.54, 1.807) is 0 Å². The summed E-state index contributed by atoms with van der Waals surface area (Å²) in [5.41, 5.74) is 6.62. The quantitative estimate of drug-likeness (QED) is 0.811. The Bertz CT molecular complexity index is 506. The van der Waals surface area contributed by atoms with Crippen LogP contribution in [-0.4, -0.2) is 12.7 Å². The summed E-state index contributed by atoms with van der Waals surface area (Å²) < 4.78 is 42.2. The number of nitrogens with two attached hydrogens (primary N) is 1. The van der Waals surface area contributed by atoms with Crippen molar-refractivity contribution in [2.45, 2.75) is 52.2 Å². The number of ether oxygens (including phenoxy) is 1. The molecule has 21 heavy (non-hydrogen) atoms. The zero-order chi connectivity index (χ0) is 15.6. The maximum atomic E-state index is 13.5. The average Bonchev–Trinajstić information content (AvgIpc) is 2.33. The maximum Gasteiger partial charge on any atom is 0.387 e. The summed E-state index contributed by atoms with van der Waals surface area (Å²) in [6, 6.07) is 2.41. The van der Waals surface area contributed by atoms with Crippen molar-refractivity contribution in [1.29, 1.82) is 0 Å². The Hall–Kier alpha value is -1.59. The van der Waals surface area contributed by atoms with Gasteiger partial charge in [-0.25, -0.2) is 4.39 Å². The molecule has 3 N–H and O–H groups in total. The van der Waals surface area contributed by atoms with Gasteiger partial charge in [-0.15, -0.1) is 0 Å². The summed E-state index contributed by atoms with van der Waals surface area (Å²) in [4.78, 5) is 0. The predicted molar refractivity (Wildman–Crippen MR) is 77.1 cm³/mol. The zero-order valence-electron chi connectivity index (χ0n) is 12.3. The molecule has 1 aliphatic carbocycles. The first-order chi connectivity index (χ1) is 9.77. The summed E-state index contributed by atoms with van der Waals surface area (Å²) >= 11 is 0. The molecule has 0 aromatic heterocycles. The lowest BCUT2D eigenvalue weighted by molar-refractivity contribution is -0.0521. The van der Waals surface area contributed by atoms with E-state index < -0.39 is 18.2 Å². The molecule has 118 valence electrons. The summed E-state index contributed by atoms with van der Waals surface area (Å²) in [7, 11) is 0. The molecule has 1 aliphatic rings. The Morgan fingerprint density at radius 1 is 1.38 bits per heavy atom. The molecule has 0 saturated heterocycles.